The Bertz CT molecular complexity index is 621. The molecular weight excluding hydrogens is 264 g/mol. The number of primary amides is 2. The quantitative estimate of drug-likeness (QED) is 0.847. The van der Waals surface area contributed by atoms with Gasteiger partial charge >= 0.3 is 0 Å². The van der Waals surface area contributed by atoms with Crippen LogP contribution in [0.15, 0.2) is 54.6 Å². The van der Waals surface area contributed by atoms with Crippen LogP contribution in [-0.4, -0.2) is 11.8 Å². The van der Waals surface area contributed by atoms with E-state index in [0.29, 0.717) is 6.42 Å². The molecule has 2 rings (SSSR count). The van der Waals surface area contributed by atoms with Crippen molar-refractivity contribution < 1.29 is 9.59 Å². The molecule has 0 aliphatic rings. The van der Waals surface area contributed by atoms with Crippen molar-refractivity contribution in [1.29, 1.82) is 0 Å². The summed E-state index contributed by atoms with van der Waals surface area (Å²) < 4.78 is 0. The molecule has 4 heteroatoms. The second-order valence-corrected chi connectivity index (χ2v) is 5.04. The molecule has 0 bridgehead atoms. The van der Waals surface area contributed by atoms with Crippen LogP contribution in [-0.2, 0) is 16.0 Å². The normalized spacial score (nSPS) is 11.8. The molecule has 0 aromatic heterocycles. The molecule has 21 heavy (non-hydrogen) atoms. The molecule has 2 amide bonds. The van der Waals surface area contributed by atoms with Gasteiger partial charge in [0.05, 0.1) is 5.92 Å². The molecule has 4 N–H and O–H groups in total. The first-order valence-electron chi connectivity index (χ1n) is 6.78. The summed E-state index contributed by atoms with van der Waals surface area (Å²) in [6, 6.07) is 17.9. The monoisotopic (exact) mass is 282 g/mol. The Morgan fingerprint density at radius 3 is 1.95 bits per heavy atom. The summed E-state index contributed by atoms with van der Waals surface area (Å²) >= 11 is 0. The maximum Gasteiger partial charge on any atom is 0.221 e. The maximum atomic E-state index is 11.3. The molecule has 0 fully saturated rings. The molecule has 2 aromatic rings. The van der Waals surface area contributed by atoms with Gasteiger partial charge in [0.2, 0.25) is 11.8 Å². The van der Waals surface area contributed by atoms with Crippen molar-refractivity contribution in [1.82, 2.24) is 0 Å². The highest BCUT2D eigenvalue weighted by Crippen LogP contribution is 2.20. The lowest BCUT2D eigenvalue weighted by atomic mass is 9.94. The molecule has 4 nitrogen and oxygen atoms in total. The zero-order chi connectivity index (χ0) is 15.2. The van der Waals surface area contributed by atoms with E-state index in [4.69, 9.17) is 11.5 Å². The Labute approximate surface area is 123 Å². The number of rotatable bonds is 6. The fourth-order valence-electron chi connectivity index (χ4n) is 2.26. The number of amides is 2. The van der Waals surface area contributed by atoms with Gasteiger partial charge in [-0.2, -0.15) is 0 Å². The Morgan fingerprint density at radius 1 is 0.857 bits per heavy atom. The zero-order valence-electron chi connectivity index (χ0n) is 11.7. The molecule has 0 radical (unpaired) electrons. The van der Waals surface area contributed by atoms with Crippen molar-refractivity contribution in [3.63, 3.8) is 0 Å². The summed E-state index contributed by atoms with van der Waals surface area (Å²) in [4.78, 5) is 22.3. The van der Waals surface area contributed by atoms with Crippen molar-refractivity contribution in [3.8, 4) is 11.1 Å². The third-order valence-corrected chi connectivity index (χ3v) is 3.39. The van der Waals surface area contributed by atoms with E-state index in [1.807, 2.05) is 54.6 Å². The molecule has 0 saturated heterocycles. The molecule has 0 aliphatic carbocycles. The van der Waals surface area contributed by atoms with E-state index in [1.165, 1.54) is 0 Å². The Balaban J connectivity index is 2.11. The maximum absolute atomic E-state index is 11.3. The second-order valence-electron chi connectivity index (χ2n) is 5.04. The SMILES string of the molecule is NC(=O)C[C@@H](Cc1ccc(-c2ccccc2)cc1)C(N)=O. The van der Waals surface area contributed by atoms with E-state index in [9.17, 15) is 9.59 Å². The highest BCUT2D eigenvalue weighted by molar-refractivity contribution is 5.84. The summed E-state index contributed by atoms with van der Waals surface area (Å²) in [7, 11) is 0. The molecule has 108 valence electrons. The highest BCUT2D eigenvalue weighted by Gasteiger charge is 2.18. The Kier molecular flexibility index (Phi) is 4.72. The minimum absolute atomic E-state index is 0.0181. The molecule has 0 aliphatic heterocycles. The van der Waals surface area contributed by atoms with Gasteiger partial charge in [-0.3, -0.25) is 9.59 Å². The minimum Gasteiger partial charge on any atom is -0.370 e. The van der Waals surface area contributed by atoms with Gasteiger partial charge in [0.1, 0.15) is 0 Å². The Morgan fingerprint density at radius 2 is 1.43 bits per heavy atom. The van der Waals surface area contributed by atoms with Crippen LogP contribution in [0.2, 0.25) is 0 Å². The van der Waals surface area contributed by atoms with Crippen molar-refractivity contribution in [3.05, 3.63) is 60.2 Å². The lowest BCUT2D eigenvalue weighted by Gasteiger charge is -2.12. The Hall–Kier alpha value is -2.62. The van der Waals surface area contributed by atoms with Gasteiger partial charge in [-0.05, 0) is 23.1 Å². The van der Waals surface area contributed by atoms with E-state index >= 15 is 0 Å². The van der Waals surface area contributed by atoms with E-state index < -0.39 is 17.7 Å². The number of hydrogen-bond donors (Lipinski definition) is 2. The molecule has 0 saturated carbocycles. The highest BCUT2D eigenvalue weighted by atomic mass is 16.2. The lowest BCUT2D eigenvalue weighted by molar-refractivity contribution is -0.126. The van der Waals surface area contributed by atoms with E-state index in [-0.39, 0.29) is 6.42 Å². The van der Waals surface area contributed by atoms with Crippen LogP contribution in [0.3, 0.4) is 0 Å². The molecular formula is C17H18N2O2. The van der Waals surface area contributed by atoms with Gasteiger partial charge in [0.25, 0.3) is 0 Å². The van der Waals surface area contributed by atoms with Crippen LogP contribution in [0.4, 0.5) is 0 Å². The van der Waals surface area contributed by atoms with Gasteiger partial charge in [0, 0.05) is 6.42 Å². The average Bonchev–Trinajstić information content (AvgIpc) is 2.48. The zero-order valence-corrected chi connectivity index (χ0v) is 11.7. The fourth-order valence-corrected chi connectivity index (χ4v) is 2.26. The molecule has 1 atom stereocenters. The first-order chi connectivity index (χ1) is 10.1. The van der Waals surface area contributed by atoms with Crippen LogP contribution >= 0.6 is 0 Å². The number of nitrogens with two attached hydrogens (primary N) is 2. The van der Waals surface area contributed by atoms with Gasteiger partial charge < -0.3 is 11.5 Å². The van der Waals surface area contributed by atoms with E-state index in [2.05, 4.69) is 0 Å². The standard InChI is InChI=1S/C17H18N2O2/c18-16(20)11-15(17(19)21)10-12-6-8-14(9-7-12)13-4-2-1-3-5-13/h1-9,15H,10-11H2,(H2,18,20)(H2,19,21)/t15-/m1/s1. The largest absolute Gasteiger partial charge is 0.370 e. The molecule has 0 unspecified atom stereocenters. The van der Waals surface area contributed by atoms with Crippen LogP contribution < -0.4 is 11.5 Å². The summed E-state index contributed by atoms with van der Waals surface area (Å²) in [5, 5.41) is 0. The van der Waals surface area contributed by atoms with Gasteiger partial charge in [0.15, 0.2) is 0 Å². The summed E-state index contributed by atoms with van der Waals surface area (Å²) in [5.74, 6) is -1.56. The van der Waals surface area contributed by atoms with Crippen molar-refractivity contribution in [2.24, 2.45) is 17.4 Å². The molecule has 0 spiro atoms. The van der Waals surface area contributed by atoms with Crippen LogP contribution in [0, 0.1) is 5.92 Å². The summed E-state index contributed by atoms with van der Waals surface area (Å²) in [6.45, 7) is 0. The lowest BCUT2D eigenvalue weighted by Crippen LogP contribution is -2.29. The summed E-state index contributed by atoms with van der Waals surface area (Å²) in [6.07, 6.45) is 0.406. The average molecular weight is 282 g/mol. The van der Waals surface area contributed by atoms with Crippen LogP contribution in [0.1, 0.15) is 12.0 Å². The van der Waals surface area contributed by atoms with E-state index in [0.717, 1.165) is 16.7 Å². The first kappa shape index (κ1) is 14.8. The third-order valence-electron chi connectivity index (χ3n) is 3.39. The number of hydrogen-bond acceptors (Lipinski definition) is 2. The van der Waals surface area contributed by atoms with Crippen LogP contribution in [0.25, 0.3) is 11.1 Å². The summed E-state index contributed by atoms with van der Waals surface area (Å²) in [5.41, 5.74) is 13.6. The predicted molar refractivity (Wildman–Crippen MR) is 82.1 cm³/mol. The molecule has 0 heterocycles. The van der Waals surface area contributed by atoms with Crippen LogP contribution in [0.5, 0.6) is 0 Å². The predicted octanol–water partition coefficient (Wildman–Crippen LogP) is 1.87. The van der Waals surface area contributed by atoms with Crippen molar-refractivity contribution in [2.45, 2.75) is 12.8 Å². The third kappa shape index (κ3) is 4.18. The van der Waals surface area contributed by atoms with E-state index in [1.54, 1.807) is 0 Å². The second kappa shape index (κ2) is 6.70. The van der Waals surface area contributed by atoms with Gasteiger partial charge in [-0.25, -0.2) is 0 Å². The van der Waals surface area contributed by atoms with Crippen molar-refractivity contribution in [2.75, 3.05) is 0 Å². The number of benzene rings is 2. The van der Waals surface area contributed by atoms with Crippen molar-refractivity contribution >= 4 is 11.8 Å². The number of carbonyl (C=O) groups is 2. The first-order valence-corrected chi connectivity index (χ1v) is 6.78. The minimum atomic E-state index is -0.551. The van der Waals surface area contributed by atoms with Gasteiger partial charge in [-0.1, -0.05) is 54.6 Å². The fraction of sp³-hybridized carbons (Fsp3) is 0.176. The molecule has 2 aromatic carbocycles. The smallest absolute Gasteiger partial charge is 0.221 e. The van der Waals surface area contributed by atoms with Gasteiger partial charge in [-0.15, -0.1) is 0 Å². The number of carbonyl (C=O) groups excluding carboxylic acids is 2. The topological polar surface area (TPSA) is 86.2 Å².